The third-order valence-electron chi connectivity index (χ3n) is 7.37. The highest BCUT2D eigenvalue weighted by atomic mass is 16.3. The zero-order valence-electron chi connectivity index (χ0n) is 21.9. The van der Waals surface area contributed by atoms with E-state index in [1.165, 1.54) is 0 Å². The van der Waals surface area contributed by atoms with E-state index in [2.05, 4.69) is 42.5 Å². The highest BCUT2D eigenvalue weighted by Gasteiger charge is 2.18. The fraction of sp³-hybridized carbons (Fsp3) is 0. The quantitative estimate of drug-likeness (QED) is 0.229. The molecule has 0 fully saturated rings. The van der Waals surface area contributed by atoms with E-state index in [0.29, 0.717) is 23.2 Å². The zero-order chi connectivity index (χ0) is 27.2. The summed E-state index contributed by atoms with van der Waals surface area (Å²) in [5.74, 6) is 1.68. The summed E-state index contributed by atoms with van der Waals surface area (Å²) in [5.41, 5.74) is 6.34. The average Bonchev–Trinajstić information content (AvgIpc) is 3.44. The first-order valence-electron chi connectivity index (χ1n) is 13.5. The molecule has 41 heavy (non-hydrogen) atoms. The summed E-state index contributed by atoms with van der Waals surface area (Å²) in [5, 5.41) is 4.15. The Bertz CT molecular complexity index is 2220. The number of rotatable bonds is 4. The first-order valence-corrected chi connectivity index (χ1v) is 13.5. The molecule has 0 aliphatic heterocycles. The van der Waals surface area contributed by atoms with Crippen molar-refractivity contribution in [2.45, 2.75) is 0 Å². The Morgan fingerprint density at radius 2 is 1.15 bits per heavy atom. The zero-order valence-corrected chi connectivity index (χ0v) is 21.9. The molecular formula is C36H22N4O. The number of fused-ring (bicyclic) bond motifs is 4. The Labute approximate surface area is 235 Å². The summed E-state index contributed by atoms with van der Waals surface area (Å²) >= 11 is 0. The van der Waals surface area contributed by atoms with Gasteiger partial charge in [-0.05, 0) is 40.8 Å². The molecule has 8 aromatic rings. The summed E-state index contributed by atoms with van der Waals surface area (Å²) in [6, 6.07) is 42.9. The molecule has 0 aliphatic carbocycles. The summed E-state index contributed by atoms with van der Waals surface area (Å²) < 4.78 is 6.17. The molecule has 8 rings (SSSR count). The molecule has 0 saturated heterocycles. The maximum absolute atomic E-state index is 6.17. The van der Waals surface area contributed by atoms with E-state index < -0.39 is 0 Å². The van der Waals surface area contributed by atoms with Gasteiger partial charge in [-0.15, -0.1) is 0 Å². The molecule has 0 unspecified atom stereocenters. The molecule has 0 saturated carbocycles. The van der Waals surface area contributed by atoms with Gasteiger partial charge in [0.2, 0.25) is 0 Å². The normalized spacial score (nSPS) is 11.4. The van der Waals surface area contributed by atoms with Crippen molar-refractivity contribution in [2.24, 2.45) is 0 Å². The van der Waals surface area contributed by atoms with Crippen LogP contribution in [0.4, 0.5) is 0 Å². The number of nitrogens with zero attached hydrogens (tertiary/aromatic N) is 4. The number of hydrogen-bond donors (Lipinski definition) is 0. The van der Waals surface area contributed by atoms with Crippen molar-refractivity contribution in [1.82, 2.24) is 19.9 Å². The van der Waals surface area contributed by atoms with Crippen molar-refractivity contribution >= 4 is 32.7 Å². The number of benzene rings is 5. The van der Waals surface area contributed by atoms with Gasteiger partial charge in [0.05, 0.1) is 0 Å². The van der Waals surface area contributed by atoms with Gasteiger partial charge in [0.1, 0.15) is 16.9 Å². The number of pyridine rings is 1. The van der Waals surface area contributed by atoms with Gasteiger partial charge in [-0.25, -0.2) is 15.0 Å². The fourth-order valence-electron chi connectivity index (χ4n) is 5.38. The van der Waals surface area contributed by atoms with E-state index in [1.807, 2.05) is 91.1 Å². The van der Waals surface area contributed by atoms with Crippen LogP contribution in [0, 0.1) is 0 Å². The highest BCUT2D eigenvalue weighted by Crippen LogP contribution is 2.36. The molecule has 5 aromatic carbocycles. The SMILES string of the molecule is c1ccc(-c2cccc(-c3nc(-c4cc5ccccc5cn4)nc(-c4cccc5oc6ccccc6c45)n3)c2)cc1. The lowest BCUT2D eigenvalue weighted by molar-refractivity contribution is 0.669. The lowest BCUT2D eigenvalue weighted by Crippen LogP contribution is -2.01. The number of furan rings is 1. The van der Waals surface area contributed by atoms with Crippen LogP contribution in [0.1, 0.15) is 0 Å². The van der Waals surface area contributed by atoms with Gasteiger partial charge in [0, 0.05) is 33.5 Å². The molecule has 5 nitrogen and oxygen atoms in total. The van der Waals surface area contributed by atoms with E-state index in [4.69, 9.17) is 24.4 Å². The monoisotopic (exact) mass is 526 g/mol. The minimum Gasteiger partial charge on any atom is -0.456 e. The van der Waals surface area contributed by atoms with Crippen molar-refractivity contribution < 1.29 is 4.42 Å². The first kappa shape index (κ1) is 23.2. The van der Waals surface area contributed by atoms with Crippen molar-refractivity contribution in [3.63, 3.8) is 0 Å². The van der Waals surface area contributed by atoms with Crippen LogP contribution in [0.2, 0.25) is 0 Å². The molecule has 3 aromatic heterocycles. The van der Waals surface area contributed by atoms with E-state index in [-0.39, 0.29) is 0 Å². The molecular weight excluding hydrogens is 504 g/mol. The third-order valence-corrected chi connectivity index (χ3v) is 7.37. The molecule has 3 heterocycles. The first-order chi connectivity index (χ1) is 20.3. The number of para-hydroxylation sites is 1. The number of aromatic nitrogens is 4. The Kier molecular flexibility index (Phi) is 5.38. The number of hydrogen-bond acceptors (Lipinski definition) is 5. The van der Waals surface area contributed by atoms with Crippen LogP contribution in [0.15, 0.2) is 138 Å². The van der Waals surface area contributed by atoms with Crippen LogP contribution in [0.25, 0.3) is 78.1 Å². The second-order valence-corrected chi connectivity index (χ2v) is 9.95. The molecule has 0 N–H and O–H groups in total. The Morgan fingerprint density at radius 1 is 0.463 bits per heavy atom. The molecule has 0 radical (unpaired) electrons. The third kappa shape index (κ3) is 4.12. The van der Waals surface area contributed by atoms with E-state index in [9.17, 15) is 0 Å². The summed E-state index contributed by atoms with van der Waals surface area (Å²) in [7, 11) is 0. The van der Waals surface area contributed by atoms with Crippen LogP contribution < -0.4 is 0 Å². The van der Waals surface area contributed by atoms with Crippen molar-refractivity contribution in [2.75, 3.05) is 0 Å². The standard InChI is InChI=1S/C36H22N4O/c1-2-10-23(11-3-1)24-14-8-15-26(20-24)34-38-35(29-17-9-19-32-33(29)28-16-6-7-18-31(28)41-32)40-36(39-34)30-21-25-12-4-5-13-27(25)22-37-30/h1-22H. The van der Waals surface area contributed by atoms with Gasteiger partial charge in [-0.3, -0.25) is 4.98 Å². The van der Waals surface area contributed by atoms with Crippen molar-refractivity contribution in [3.05, 3.63) is 134 Å². The van der Waals surface area contributed by atoms with Gasteiger partial charge in [0.15, 0.2) is 17.5 Å². The molecule has 0 atom stereocenters. The topological polar surface area (TPSA) is 64.7 Å². The fourth-order valence-corrected chi connectivity index (χ4v) is 5.38. The molecule has 5 heteroatoms. The Balaban J connectivity index is 1.37. The van der Waals surface area contributed by atoms with Gasteiger partial charge in [-0.2, -0.15) is 0 Å². The maximum Gasteiger partial charge on any atom is 0.182 e. The minimum atomic E-state index is 0.519. The predicted molar refractivity (Wildman–Crippen MR) is 164 cm³/mol. The predicted octanol–water partition coefficient (Wildman–Crippen LogP) is 8.99. The molecule has 0 bridgehead atoms. The lowest BCUT2D eigenvalue weighted by atomic mass is 10.0. The van der Waals surface area contributed by atoms with Gasteiger partial charge < -0.3 is 4.42 Å². The minimum absolute atomic E-state index is 0.519. The molecule has 192 valence electrons. The Morgan fingerprint density at radius 3 is 2.07 bits per heavy atom. The summed E-state index contributed by atoms with van der Waals surface area (Å²) in [6.45, 7) is 0. The van der Waals surface area contributed by atoms with E-state index in [0.717, 1.165) is 55.0 Å². The van der Waals surface area contributed by atoms with Crippen LogP contribution in [-0.2, 0) is 0 Å². The smallest absolute Gasteiger partial charge is 0.182 e. The van der Waals surface area contributed by atoms with E-state index in [1.54, 1.807) is 0 Å². The van der Waals surface area contributed by atoms with Crippen LogP contribution in [0.5, 0.6) is 0 Å². The van der Waals surface area contributed by atoms with Crippen LogP contribution >= 0.6 is 0 Å². The van der Waals surface area contributed by atoms with Gasteiger partial charge >= 0.3 is 0 Å². The van der Waals surface area contributed by atoms with Gasteiger partial charge in [0.25, 0.3) is 0 Å². The summed E-state index contributed by atoms with van der Waals surface area (Å²) in [4.78, 5) is 19.7. The highest BCUT2D eigenvalue weighted by molar-refractivity contribution is 6.11. The molecule has 0 spiro atoms. The second kappa shape index (κ2) is 9.50. The van der Waals surface area contributed by atoms with Crippen molar-refractivity contribution in [3.8, 4) is 45.4 Å². The largest absolute Gasteiger partial charge is 0.456 e. The van der Waals surface area contributed by atoms with Crippen LogP contribution in [0.3, 0.4) is 0 Å². The summed E-state index contributed by atoms with van der Waals surface area (Å²) in [6.07, 6.45) is 1.87. The Hall–Kier alpha value is -5.68. The molecule has 0 aliphatic rings. The average molecular weight is 527 g/mol. The lowest BCUT2D eigenvalue weighted by Gasteiger charge is -2.10. The maximum atomic E-state index is 6.17. The van der Waals surface area contributed by atoms with Gasteiger partial charge in [-0.1, -0.05) is 103 Å². The second-order valence-electron chi connectivity index (χ2n) is 9.95. The molecule has 0 amide bonds. The van der Waals surface area contributed by atoms with Crippen molar-refractivity contribution in [1.29, 1.82) is 0 Å². The van der Waals surface area contributed by atoms with E-state index >= 15 is 0 Å². The van der Waals surface area contributed by atoms with Crippen LogP contribution in [-0.4, -0.2) is 19.9 Å².